The van der Waals surface area contributed by atoms with Crippen molar-refractivity contribution < 1.29 is 14.3 Å². The van der Waals surface area contributed by atoms with Crippen molar-refractivity contribution in [3.63, 3.8) is 0 Å². The molecule has 1 unspecified atom stereocenters. The van der Waals surface area contributed by atoms with E-state index in [2.05, 4.69) is 57.2 Å². The zero-order valence-corrected chi connectivity index (χ0v) is 22.9. The highest BCUT2D eigenvalue weighted by atomic mass is 32.1. The van der Waals surface area contributed by atoms with Crippen molar-refractivity contribution in [2.75, 3.05) is 31.6 Å². The van der Waals surface area contributed by atoms with Crippen molar-refractivity contribution in [1.29, 1.82) is 0 Å². The minimum absolute atomic E-state index is 0.175. The Balaban J connectivity index is 1.42. The Labute approximate surface area is 224 Å². The quantitative estimate of drug-likeness (QED) is 0.335. The van der Waals surface area contributed by atoms with E-state index in [1.54, 1.807) is 18.4 Å². The number of ether oxygens (including phenoxy) is 2. The van der Waals surface area contributed by atoms with Crippen molar-refractivity contribution in [2.45, 2.75) is 64.1 Å². The number of aldehydes is 1. The van der Waals surface area contributed by atoms with E-state index in [1.165, 1.54) is 18.4 Å². The van der Waals surface area contributed by atoms with Gasteiger partial charge < -0.3 is 19.2 Å². The van der Waals surface area contributed by atoms with E-state index in [0.29, 0.717) is 0 Å². The Morgan fingerprint density at radius 2 is 1.86 bits per heavy atom. The van der Waals surface area contributed by atoms with Gasteiger partial charge in [0.25, 0.3) is 0 Å². The normalized spacial score (nSPS) is 19.6. The number of carbonyl (C=O) groups excluding carboxylic acids is 1. The van der Waals surface area contributed by atoms with Gasteiger partial charge in [0, 0.05) is 37.4 Å². The molecular weight excluding hydrogens is 482 g/mol. The third-order valence-corrected chi connectivity index (χ3v) is 8.79. The summed E-state index contributed by atoms with van der Waals surface area (Å²) in [6.45, 7) is 6.48. The van der Waals surface area contributed by atoms with Crippen LogP contribution in [0.15, 0.2) is 48.5 Å². The molecule has 0 bridgehead atoms. The van der Waals surface area contributed by atoms with Gasteiger partial charge in [-0.25, -0.2) is 4.98 Å². The molecule has 1 aliphatic carbocycles. The molecule has 0 radical (unpaired) electrons. The molecule has 37 heavy (non-hydrogen) atoms. The molecule has 7 heteroatoms. The molecule has 2 atom stereocenters. The van der Waals surface area contributed by atoms with E-state index in [1.807, 2.05) is 19.9 Å². The van der Waals surface area contributed by atoms with E-state index in [4.69, 9.17) is 9.47 Å². The molecule has 2 fully saturated rings. The SMILES string of the molecule is COc1ccc(N2CCN([C@@H](C=O)c3sc(C)nc3C)C(Cc3ccccc3)C2)cc1OC1CCCC1. The molecular formula is C30H37N3O3S. The number of rotatable bonds is 9. The van der Waals surface area contributed by atoms with E-state index in [-0.39, 0.29) is 18.2 Å². The Morgan fingerprint density at radius 1 is 1.08 bits per heavy atom. The number of nitrogens with zero attached hydrogens (tertiary/aromatic N) is 3. The number of aryl methyl sites for hydroxylation is 2. The number of aromatic nitrogens is 1. The fraction of sp³-hybridized carbons (Fsp3) is 0.467. The Bertz CT molecular complexity index is 1190. The third kappa shape index (κ3) is 5.83. The molecule has 6 nitrogen and oxygen atoms in total. The highest BCUT2D eigenvalue weighted by Gasteiger charge is 2.35. The molecule has 0 amide bonds. The van der Waals surface area contributed by atoms with E-state index in [9.17, 15) is 4.79 Å². The molecule has 1 aromatic heterocycles. The molecule has 1 aliphatic heterocycles. The summed E-state index contributed by atoms with van der Waals surface area (Å²) >= 11 is 1.64. The number of carbonyl (C=O) groups is 1. The number of hydrogen-bond donors (Lipinski definition) is 0. The summed E-state index contributed by atoms with van der Waals surface area (Å²) in [5.74, 6) is 1.61. The second-order valence-electron chi connectivity index (χ2n) is 10.2. The molecule has 0 N–H and O–H groups in total. The largest absolute Gasteiger partial charge is 0.493 e. The minimum atomic E-state index is -0.279. The molecule has 2 aromatic carbocycles. The summed E-state index contributed by atoms with van der Waals surface area (Å²) in [6.07, 6.45) is 6.92. The summed E-state index contributed by atoms with van der Waals surface area (Å²) < 4.78 is 12.0. The van der Waals surface area contributed by atoms with Crippen LogP contribution < -0.4 is 14.4 Å². The van der Waals surface area contributed by atoms with Crippen LogP contribution in [0.5, 0.6) is 11.5 Å². The number of benzene rings is 2. The van der Waals surface area contributed by atoms with Crippen molar-refractivity contribution >= 4 is 23.3 Å². The van der Waals surface area contributed by atoms with Gasteiger partial charge in [-0.05, 0) is 63.6 Å². The van der Waals surface area contributed by atoms with Crippen LogP contribution in [0, 0.1) is 13.8 Å². The van der Waals surface area contributed by atoms with Crippen molar-refractivity contribution in [2.24, 2.45) is 0 Å². The first-order valence-electron chi connectivity index (χ1n) is 13.3. The van der Waals surface area contributed by atoms with Gasteiger partial charge in [0.2, 0.25) is 0 Å². The Kier molecular flexibility index (Phi) is 8.11. The van der Waals surface area contributed by atoms with Crippen LogP contribution >= 0.6 is 11.3 Å². The zero-order chi connectivity index (χ0) is 25.8. The molecule has 0 spiro atoms. The second kappa shape index (κ2) is 11.7. The van der Waals surface area contributed by atoms with Crippen LogP contribution in [0.2, 0.25) is 0 Å². The van der Waals surface area contributed by atoms with Crippen LogP contribution in [0.4, 0.5) is 5.69 Å². The van der Waals surface area contributed by atoms with Gasteiger partial charge in [-0.15, -0.1) is 11.3 Å². The first-order chi connectivity index (χ1) is 18.1. The standard InChI is InChI=1S/C30H37N3O3S/c1-21-30(37-22(2)31-21)27(20-34)33-16-15-32(19-25(33)17-23-9-5-4-6-10-23)24-13-14-28(35-3)29(18-24)36-26-11-7-8-12-26/h4-6,9-10,13-14,18,20,25-27H,7-8,11-12,15-17,19H2,1-3H3/t25?,27-/m0/s1. The first-order valence-corrected chi connectivity index (χ1v) is 14.2. The number of hydrogen-bond acceptors (Lipinski definition) is 7. The van der Waals surface area contributed by atoms with Crippen LogP contribution in [-0.2, 0) is 11.2 Å². The molecule has 3 aromatic rings. The van der Waals surface area contributed by atoms with Crippen LogP contribution in [0.3, 0.4) is 0 Å². The summed E-state index contributed by atoms with van der Waals surface area (Å²) in [4.78, 5) is 23.0. The predicted octanol–water partition coefficient (Wildman–Crippen LogP) is 5.76. The molecule has 1 saturated carbocycles. The number of anilines is 1. The van der Waals surface area contributed by atoms with E-state index < -0.39 is 0 Å². The average Bonchev–Trinajstić information content (AvgIpc) is 3.54. The third-order valence-electron chi connectivity index (χ3n) is 7.64. The van der Waals surface area contributed by atoms with Gasteiger partial charge >= 0.3 is 0 Å². The molecule has 2 heterocycles. The topological polar surface area (TPSA) is 54.9 Å². The fourth-order valence-corrected chi connectivity index (χ4v) is 6.80. The maximum absolute atomic E-state index is 12.5. The van der Waals surface area contributed by atoms with E-state index >= 15 is 0 Å². The average molecular weight is 520 g/mol. The lowest BCUT2D eigenvalue weighted by molar-refractivity contribution is -0.113. The van der Waals surface area contributed by atoms with Crippen molar-refractivity contribution in [3.05, 3.63) is 69.7 Å². The number of methoxy groups -OCH3 is 1. The van der Waals surface area contributed by atoms with E-state index in [0.717, 1.165) is 77.9 Å². The monoisotopic (exact) mass is 519 g/mol. The Hall–Kier alpha value is -2.90. The molecule has 196 valence electrons. The maximum atomic E-state index is 12.5. The zero-order valence-electron chi connectivity index (χ0n) is 22.1. The maximum Gasteiger partial charge on any atom is 0.163 e. The van der Waals surface area contributed by atoms with Crippen LogP contribution in [0.1, 0.15) is 52.9 Å². The lowest BCUT2D eigenvalue weighted by atomic mass is 9.99. The van der Waals surface area contributed by atoms with Crippen LogP contribution in [0.25, 0.3) is 0 Å². The minimum Gasteiger partial charge on any atom is -0.493 e. The summed E-state index contributed by atoms with van der Waals surface area (Å²) in [7, 11) is 1.70. The molecule has 5 rings (SSSR count). The highest BCUT2D eigenvalue weighted by molar-refractivity contribution is 7.11. The van der Waals surface area contributed by atoms with Gasteiger partial charge in [0.05, 0.1) is 28.8 Å². The van der Waals surface area contributed by atoms with Crippen LogP contribution in [-0.4, -0.2) is 55.1 Å². The van der Waals surface area contributed by atoms with Gasteiger partial charge in [-0.2, -0.15) is 0 Å². The summed E-state index contributed by atoms with van der Waals surface area (Å²) in [6, 6.07) is 16.8. The highest BCUT2D eigenvalue weighted by Crippen LogP contribution is 2.37. The molecule has 2 aliphatic rings. The smallest absolute Gasteiger partial charge is 0.163 e. The van der Waals surface area contributed by atoms with Gasteiger partial charge in [0.15, 0.2) is 11.5 Å². The van der Waals surface area contributed by atoms with Gasteiger partial charge in [0.1, 0.15) is 12.3 Å². The van der Waals surface area contributed by atoms with Gasteiger partial charge in [-0.1, -0.05) is 30.3 Å². The second-order valence-corrected chi connectivity index (χ2v) is 11.4. The fourth-order valence-electron chi connectivity index (χ4n) is 5.79. The molecule has 1 saturated heterocycles. The lowest BCUT2D eigenvalue weighted by Gasteiger charge is -2.44. The number of thiazole rings is 1. The Morgan fingerprint density at radius 3 is 2.54 bits per heavy atom. The van der Waals surface area contributed by atoms with Crippen molar-refractivity contribution in [3.8, 4) is 11.5 Å². The summed E-state index contributed by atoms with van der Waals surface area (Å²) in [5.41, 5.74) is 3.38. The first kappa shape index (κ1) is 25.7. The lowest BCUT2D eigenvalue weighted by Crippen LogP contribution is -2.55. The van der Waals surface area contributed by atoms with Crippen molar-refractivity contribution in [1.82, 2.24) is 9.88 Å². The predicted molar refractivity (Wildman–Crippen MR) is 149 cm³/mol. The summed E-state index contributed by atoms with van der Waals surface area (Å²) in [5, 5.41) is 1.01. The van der Waals surface area contributed by atoms with Gasteiger partial charge in [-0.3, -0.25) is 4.90 Å². The number of piperazine rings is 1.